The highest BCUT2D eigenvalue weighted by Gasteiger charge is 2.37. The summed E-state index contributed by atoms with van der Waals surface area (Å²) in [5.41, 5.74) is 1.66. The lowest BCUT2D eigenvalue weighted by atomic mass is 9.88. The molecule has 0 saturated carbocycles. The molecule has 5 nitrogen and oxygen atoms in total. The van der Waals surface area contributed by atoms with E-state index in [0.29, 0.717) is 6.54 Å². The Bertz CT molecular complexity index is 769. The molecule has 2 amide bonds. The van der Waals surface area contributed by atoms with Crippen molar-refractivity contribution in [3.8, 4) is 0 Å². The molecule has 25 heavy (non-hydrogen) atoms. The van der Waals surface area contributed by atoms with E-state index in [0.717, 1.165) is 42.7 Å². The van der Waals surface area contributed by atoms with Crippen molar-refractivity contribution in [2.75, 3.05) is 11.9 Å². The van der Waals surface area contributed by atoms with E-state index in [2.05, 4.69) is 5.32 Å². The number of amides is 2. The number of para-hydroxylation sites is 1. The van der Waals surface area contributed by atoms with Gasteiger partial charge in [-0.25, -0.2) is 0 Å². The number of nitrogens with one attached hydrogen (secondary N) is 1. The molecule has 0 spiro atoms. The second-order valence-electron chi connectivity index (χ2n) is 6.80. The van der Waals surface area contributed by atoms with Crippen molar-refractivity contribution in [1.82, 2.24) is 4.90 Å². The molecule has 0 aliphatic carbocycles. The lowest BCUT2D eigenvalue weighted by Gasteiger charge is -2.34. The van der Waals surface area contributed by atoms with Crippen molar-refractivity contribution < 1.29 is 14.0 Å². The molecule has 0 bridgehead atoms. The fraction of sp³-hybridized carbons (Fsp3) is 0.400. The van der Waals surface area contributed by atoms with Gasteiger partial charge in [0.25, 0.3) is 0 Å². The van der Waals surface area contributed by atoms with Crippen molar-refractivity contribution in [3.63, 3.8) is 0 Å². The van der Waals surface area contributed by atoms with Gasteiger partial charge in [-0.1, -0.05) is 31.0 Å². The standard InChI is InChI=1S/C20H22N2O3/c23-19-13-15(14-7-3-4-8-16(14)21-19)20(24)22-11-5-1-2-9-17(22)18-10-6-12-25-18/h3-4,6-8,10,12,15,17H,1-2,5,9,11,13H2,(H,21,23)/t15-,17-/m1/s1. The summed E-state index contributed by atoms with van der Waals surface area (Å²) < 4.78 is 5.61. The number of furan rings is 1. The second-order valence-corrected chi connectivity index (χ2v) is 6.80. The van der Waals surface area contributed by atoms with E-state index >= 15 is 0 Å². The summed E-state index contributed by atoms with van der Waals surface area (Å²) in [7, 11) is 0. The van der Waals surface area contributed by atoms with Gasteiger partial charge >= 0.3 is 0 Å². The average Bonchev–Trinajstić information content (AvgIpc) is 3.05. The van der Waals surface area contributed by atoms with Crippen LogP contribution in [0.3, 0.4) is 0 Å². The van der Waals surface area contributed by atoms with Gasteiger partial charge in [0.15, 0.2) is 0 Å². The number of rotatable bonds is 2. The minimum Gasteiger partial charge on any atom is -0.467 e. The summed E-state index contributed by atoms with van der Waals surface area (Å²) in [6, 6.07) is 11.4. The highest BCUT2D eigenvalue weighted by Crippen LogP contribution is 2.37. The maximum atomic E-state index is 13.4. The zero-order chi connectivity index (χ0) is 17.2. The van der Waals surface area contributed by atoms with Crippen LogP contribution in [0.2, 0.25) is 0 Å². The predicted octanol–water partition coefficient (Wildman–Crippen LogP) is 3.85. The summed E-state index contributed by atoms with van der Waals surface area (Å²) in [4.78, 5) is 27.5. The first-order valence-electron chi connectivity index (χ1n) is 8.96. The van der Waals surface area contributed by atoms with Crippen LogP contribution < -0.4 is 5.32 Å². The summed E-state index contributed by atoms with van der Waals surface area (Å²) in [6.07, 6.45) is 5.95. The molecule has 2 aromatic rings. The van der Waals surface area contributed by atoms with Crippen LogP contribution >= 0.6 is 0 Å². The smallest absolute Gasteiger partial charge is 0.231 e. The number of hydrogen-bond acceptors (Lipinski definition) is 3. The van der Waals surface area contributed by atoms with E-state index in [1.807, 2.05) is 41.3 Å². The van der Waals surface area contributed by atoms with Gasteiger partial charge in [-0.2, -0.15) is 0 Å². The van der Waals surface area contributed by atoms with Gasteiger partial charge in [0.05, 0.1) is 18.2 Å². The third kappa shape index (κ3) is 3.06. The number of nitrogens with zero attached hydrogens (tertiary/aromatic N) is 1. The predicted molar refractivity (Wildman–Crippen MR) is 94.1 cm³/mol. The molecule has 2 aliphatic heterocycles. The van der Waals surface area contributed by atoms with Crippen LogP contribution in [0.1, 0.15) is 55.4 Å². The average molecular weight is 338 g/mol. The summed E-state index contributed by atoms with van der Waals surface area (Å²) in [5.74, 6) is 0.358. The zero-order valence-corrected chi connectivity index (χ0v) is 14.1. The minimum absolute atomic E-state index is 0.0330. The maximum Gasteiger partial charge on any atom is 0.231 e. The molecule has 5 heteroatoms. The molecule has 1 saturated heterocycles. The number of fused-ring (bicyclic) bond motifs is 1. The highest BCUT2D eigenvalue weighted by molar-refractivity contribution is 6.01. The lowest BCUT2D eigenvalue weighted by molar-refractivity contribution is -0.137. The van der Waals surface area contributed by atoms with Crippen molar-refractivity contribution in [1.29, 1.82) is 0 Å². The van der Waals surface area contributed by atoms with E-state index in [9.17, 15) is 9.59 Å². The molecule has 1 aromatic carbocycles. The highest BCUT2D eigenvalue weighted by atomic mass is 16.3. The molecule has 2 atom stereocenters. The third-order valence-corrected chi connectivity index (χ3v) is 5.21. The van der Waals surface area contributed by atoms with Crippen molar-refractivity contribution in [2.24, 2.45) is 0 Å². The summed E-state index contributed by atoms with van der Waals surface area (Å²) in [6.45, 7) is 0.713. The van der Waals surface area contributed by atoms with Crippen LogP contribution in [0.4, 0.5) is 5.69 Å². The van der Waals surface area contributed by atoms with Gasteiger partial charge in [0, 0.05) is 18.7 Å². The number of carbonyl (C=O) groups excluding carboxylic acids is 2. The van der Waals surface area contributed by atoms with Gasteiger partial charge in [-0.3, -0.25) is 9.59 Å². The monoisotopic (exact) mass is 338 g/mol. The Labute approximate surface area is 147 Å². The Morgan fingerprint density at radius 3 is 2.84 bits per heavy atom. The van der Waals surface area contributed by atoms with Crippen LogP contribution in [0.25, 0.3) is 0 Å². The Balaban J connectivity index is 1.67. The molecule has 0 radical (unpaired) electrons. The molecule has 0 unspecified atom stereocenters. The fourth-order valence-corrected chi connectivity index (χ4v) is 3.98. The van der Waals surface area contributed by atoms with Gasteiger partial charge < -0.3 is 14.6 Å². The first kappa shape index (κ1) is 15.9. The summed E-state index contributed by atoms with van der Waals surface area (Å²) in [5, 5.41) is 2.87. The number of likely N-dealkylation sites (tertiary alicyclic amines) is 1. The van der Waals surface area contributed by atoms with Gasteiger partial charge in [-0.05, 0) is 36.6 Å². The second kappa shape index (κ2) is 6.75. The quantitative estimate of drug-likeness (QED) is 0.905. The largest absolute Gasteiger partial charge is 0.467 e. The first-order chi connectivity index (χ1) is 12.2. The van der Waals surface area contributed by atoms with Crippen LogP contribution in [0.15, 0.2) is 47.1 Å². The molecule has 1 aromatic heterocycles. The molecular formula is C20H22N2O3. The van der Waals surface area contributed by atoms with Crippen LogP contribution in [0.5, 0.6) is 0 Å². The zero-order valence-electron chi connectivity index (χ0n) is 14.1. The maximum absolute atomic E-state index is 13.4. The van der Waals surface area contributed by atoms with Crippen molar-refractivity contribution >= 4 is 17.5 Å². The molecule has 4 rings (SSSR count). The number of hydrogen-bond donors (Lipinski definition) is 1. The Hall–Kier alpha value is -2.56. The molecule has 1 N–H and O–H groups in total. The van der Waals surface area contributed by atoms with Crippen molar-refractivity contribution in [3.05, 3.63) is 54.0 Å². The molecule has 130 valence electrons. The van der Waals surface area contributed by atoms with E-state index < -0.39 is 5.92 Å². The number of carbonyl (C=O) groups is 2. The summed E-state index contributed by atoms with van der Waals surface area (Å²) >= 11 is 0. The van der Waals surface area contributed by atoms with E-state index in [1.165, 1.54) is 0 Å². The normalized spacial score (nSPS) is 23.5. The van der Waals surface area contributed by atoms with Gasteiger partial charge in [-0.15, -0.1) is 0 Å². The minimum atomic E-state index is -0.416. The van der Waals surface area contributed by atoms with Crippen LogP contribution in [-0.2, 0) is 9.59 Å². The molecule has 3 heterocycles. The molecule has 1 fully saturated rings. The lowest BCUT2D eigenvalue weighted by Crippen LogP contribution is -2.40. The van der Waals surface area contributed by atoms with Crippen LogP contribution in [-0.4, -0.2) is 23.3 Å². The van der Waals surface area contributed by atoms with Crippen LogP contribution in [0, 0.1) is 0 Å². The Morgan fingerprint density at radius 1 is 1.12 bits per heavy atom. The van der Waals surface area contributed by atoms with Gasteiger partial charge in [0.2, 0.25) is 11.8 Å². The van der Waals surface area contributed by atoms with Gasteiger partial charge in [0.1, 0.15) is 5.76 Å². The molecule has 2 aliphatic rings. The Kier molecular flexibility index (Phi) is 4.30. The number of benzene rings is 1. The fourth-order valence-electron chi connectivity index (χ4n) is 3.98. The van der Waals surface area contributed by atoms with E-state index in [1.54, 1.807) is 6.26 Å². The topological polar surface area (TPSA) is 62.6 Å². The SMILES string of the molecule is O=C1C[C@@H](C(=O)N2CCCCC[C@@H]2c2ccco2)c2ccccc2N1. The molecular weight excluding hydrogens is 316 g/mol. The first-order valence-corrected chi connectivity index (χ1v) is 8.96. The third-order valence-electron chi connectivity index (χ3n) is 5.21. The van der Waals surface area contributed by atoms with E-state index in [-0.39, 0.29) is 24.3 Å². The number of anilines is 1. The van der Waals surface area contributed by atoms with E-state index in [4.69, 9.17) is 4.42 Å². The van der Waals surface area contributed by atoms with Crippen molar-refractivity contribution in [2.45, 2.75) is 44.1 Å². The Morgan fingerprint density at radius 2 is 2.00 bits per heavy atom.